The van der Waals surface area contributed by atoms with Crippen LogP contribution in [0.1, 0.15) is 29.6 Å². The Bertz CT molecular complexity index is 979. The van der Waals surface area contributed by atoms with Gasteiger partial charge in [-0.2, -0.15) is 0 Å². The fraction of sp³-hybridized carbons (Fsp3) is 0.440. The summed E-state index contributed by atoms with van der Waals surface area (Å²) in [4.78, 5) is 30.1. The SMILES string of the molecule is O=C(C[C@@]1(COc2ccc(Cl)cc2)CCCN(C(=O)c2cccc(Cl)c2)C1)N1CCOCC1. The van der Waals surface area contributed by atoms with Crippen LogP contribution in [0.2, 0.25) is 10.0 Å². The van der Waals surface area contributed by atoms with Gasteiger partial charge in [-0.05, 0) is 55.3 Å². The smallest absolute Gasteiger partial charge is 0.253 e. The molecule has 2 aliphatic heterocycles. The third kappa shape index (κ3) is 6.19. The molecule has 0 unspecified atom stereocenters. The van der Waals surface area contributed by atoms with Gasteiger partial charge in [0.2, 0.25) is 5.91 Å². The lowest BCUT2D eigenvalue weighted by Crippen LogP contribution is -2.52. The Hall–Kier alpha value is -2.28. The molecule has 2 fully saturated rings. The van der Waals surface area contributed by atoms with Crippen molar-refractivity contribution in [1.82, 2.24) is 9.80 Å². The average Bonchev–Trinajstić information content (AvgIpc) is 2.84. The van der Waals surface area contributed by atoms with E-state index < -0.39 is 5.41 Å². The van der Waals surface area contributed by atoms with Crippen molar-refractivity contribution < 1.29 is 19.1 Å². The average molecular weight is 491 g/mol. The minimum Gasteiger partial charge on any atom is -0.493 e. The van der Waals surface area contributed by atoms with Crippen LogP contribution in [0.15, 0.2) is 48.5 Å². The Morgan fingerprint density at radius 3 is 2.45 bits per heavy atom. The maximum absolute atomic E-state index is 13.2. The molecule has 1 atom stereocenters. The molecule has 0 saturated carbocycles. The van der Waals surface area contributed by atoms with Crippen LogP contribution in [0.3, 0.4) is 0 Å². The van der Waals surface area contributed by atoms with Crippen molar-refractivity contribution in [2.45, 2.75) is 19.3 Å². The molecule has 0 spiro atoms. The Kier molecular flexibility index (Phi) is 7.78. The minimum atomic E-state index is -0.485. The second-order valence-electron chi connectivity index (χ2n) is 8.75. The van der Waals surface area contributed by atoms with Crippen LogP contribution in [0, 0.1) is 5.41 Å². The van der Waals surface area contributed by atoms with Gasteiger partial charge in [0.25, 0.3) is 5.91 Å². The van der Waals surface area contributed by atoms with E-state index in [2.05, 4.69) is 0 Å². The lowest BCUT2D eigenvalue weighted by Gasteiger charge is -2.43. The molecule has 2 aliphatic rings. The predicted molar refractivity (Wildman–Crippen MR) is 128 cm³/mol. The molecule has 2 aromatic rings. The van der Waals surface area contributed by atoms with Crippen molar-refractivity contribution in [2.75, 3.05) is 46.0 Å². The summed E-state index contributed by atoms with van der Waals surface area (Å²) >= 11 is 12.1. The number of hydrogen-bond donors (Lipinski definition) is 0. The molecule has 2 amide bonds. The van der Waals surface area contributed by atoms with Gasteiger partial charge in [-0.3, -0.25) is 9.59 Å². The van der Waals surface area contributed by atoms with E-state index in [1.165, 1.54) is 0 Å². The zero-order valence-electron chi connectivity index (χ0n) is 18.5. The summed E-state index contributed by atoms with van der Waals surface area (Å²) in [5.41, 5.74) is 0.0676. The molecule has 6 nitrogen and oxygen atoms in total. The van der Waals surface area contributed by atoms with Crippen molar-refractivity contribution in [3.63, 3.8) is 0 Å². The van der Waals surface area contributed by atoms with Crippen LogP contribution in [-0.2, 0) is 9.53 Å². The minimum absolute atomic E-state index is 0.0770. The molecule has 4 rings (SSSR count). The second kappa shape index (κ2) is 10.8. The largest absolute Gasteiger partial charge is 0.493 e. The topological polar surface area (TPSA) is 59.1 Å². The monoisotopic (exact) mass is 490 g/mol. The van der Waals surface area contributed by atoms with E-state index in [0.717, 1.165) is 12.8 Å². The predicted octanol–water partition coefficient (Wildman–Crippen LogP) is 4.54. The van der Waals surface area contributed by atoms with Crippen molar-refractivity contribution in [1.29, 1.82) is 0 Å². The number of amides is 2. The Morgan fingerprint density at radius 1 is 0.970 bits per heavy atom. The van der Waals surface area contributed by atoms with Crippen molar-refractivity contribution in [2.24, 2.45) is 5.41 Å². The van der Waals surface area contributed by atoms with Crippen LogP contribution in [0.4, 0.5) is 0 Å². The molecule has 8 heteroatoms. The number of halogens is 2. The number of morpholine rings is 1. The molecule has 33 heavy (non-hydrogen) atoms. The number of rotatable bonds is 6. The fourth-order valence-electron chi connectivity index (χ4n) is 4.51. The zero-order chi connectivity index (χ0) is 23.3. The van der Waals surface area contributed by atoms with Crippen molar-refractivity contribution in [3.8, 4) is 5.75 Å². The number of nitrogens with zero attached hydrogens (tertiary/aromatic N) is 2. The molecule has 0 N–H and O–H groups in total. The van der Waals surface area contributed by atoms with Crippen molar-refractivity contribution in [3.05, 3.63) is 64.1 Å². The number of piperidine rings is 1. The summed E-state index contributed by atoms with van der Waals surface area (Å²) in [5.74, 6) is 0.692. The number of likely N-dealkylation sites (tertiary alicyclic amines) is 1. The van der Waals surface area contributed by atoms with E-state index in [4.69, 9.17) is 32.7 Å². The van der Waals surface area contributed by atoms with Gasteiger partial charge in [-0.1, -0.05) is 29.3 Å². The van der Waals surface area contributed by atoms with Gasteiger partial charge in [-0.25, -0.2) is 0 Å². The Labute approximate surface area is 204 Å². The standard InChI is InChI=1S/C25H28Cl2N2O4/c26-20-5-7-22(8-6-20)33-18-25(16-23(30)28-11-13-32-14-12-28)9-2-10-29(17-25)24(31)19-3-1-4-21(27)15-19/h1,3-8,15H,2,9-14,16-18H2/t25-/m0/s1. The fourth-order valence-corrected chi connectivity index (χ4v) is 4.83. The van der Waals surface area contributed by atoms with Gasteiger partial charge < -0.3 is 19.3 Å². The zero-order valence-corrected chi connectivity index (χ0v) is 20.0. The number of benzene rings is 2. The third-order valence-corrected chi connectivity index (χ3v) is 6.76. The van der Waals surface area contributed by atoms with Crippen LogP contribution in [0.5, 0.6) is 5.75 Å². The van der Waals surface area contributed by atoms with Crippen LogP contribution in [-0.4, -0.2) is 67.6 Å². The van der Waals surface area contributed by atoms with E-state index in [0.29, 0.717) is 73.8 Å². The number of ether oxygens (including phenoxy) is 2. The molecule has 0 radical (unpaired) electrons. The van der Waals surface area contributed by atoms with E-state index >= 15 is 0 Å². The molecular formula is C25H28Cl2N2O4. The molecular weight excluding hydrogens is 463 g/mol. The first-order valence-corrected chi connectivity index (χ1v) is 12.0. The van der Waals surface area contributed by atoms with Gasteiger partial charge in [0.15, 0.2) is 0 Å². The molecule has 176 valence electrons. The highest BCUT2D eigenvalue weighted by atomic mass is 35.5. The molecule has 2 heterocycles. The molecule has 2 saturated heterocycles. The summed E-state index contributed by atoms with van der Waals surface area (Å²) in [7, 11) is 0. The molecule has 0 aliphatic carbocycles. The van der Waals surface area contributed by atoms with Crippen LogP contribution >= 0.6 is 23.2 Å². The van der Waals surface area contributed by atoms with E-state index in [-0.39, 0.29) is 11.8 Å². The van der Waals surface area contributed by atoms with E-state index in [1.807, 2.05) is 21.9 Å². The van der Waals surface area contributed by atoms with Crippen LogP contribution < -0.4 is 4.74 Å². The molecule has 2 aromatic carbocycles. The highest BCUT2D eigenvalue weighted by Gasteiger charge is 2.41. The normalized spacial score (nSPS) is 21.0. The number of hydrogen-bond acceptors (Lipinski definition) is 4. The van der Waals surface area contributed by atoms with Crippen LogP contribution in [0.25, 0.3) is 0 Å². The Balaban J connectivity index is 1.53. The highest BCUT2D eigenvalue weighted by Crippen LogP contribution is 2.36. The van der Waals surface area contributed by atoms with Crippen molar-refractivity contribution >= 4 is 35.0 Å². The summed E-state index contributed by atoms with van der Waals surface area (Å²) in [6.45, 7) is 3.72. The summed E-state index contributed by atoms with van der Waals surface area (Å²) in [6, 6.07) is 14.2. The summed E-state index contributed by atoms with van der Waals surface area (Å²) < 4.78 is 11.5. The van der Waals surface area contributed by atoms with Gasteiger partial charge >= 0.3 is 0 Å². The van der Waals surface area contributed by atoms with E-state index in [1.54, 1.807) is 36.4 Å². The lowest BCUT2D eigenvalue weighted by molar-refractivity contribution is -0.139. The second-order valence-corrected chi connectivity index (χ2v) is 9.63. The first kappa shape index (κ1) is 23.9. The lowest BCUT2D eigenvalue weighted by atomic mass is 9.77. The first-order chi connectivity index (χ1) is 15.9. The number of carbonyl (C=O) groups is 2. The van der Waals surface area contributed by atoms with Gasteiger partial charge in [-0.15, -0.1) is 0 Å². The Morgan fingerprint density at radius 2 is 1.73 bits per heavy atom. The number of carbonyl (C=O) groups excluding carboxylic acids is 2. The summed E-state index contributed by atoms with van der Waals surface area (Å²) in [6.07, 6.45) is 1.92. The van der Waals surface area contributed by atoms with E-state index in [9.17, 15) is 9.59 Å². The quantitative estimate of drug-likeness (QED) is 0.596. The highest BCUT2D eigenvalue weighted by molar-refractivity contribution is 6.31. The van der Waals surface area contributed by atoms with Gasteiger partial charge in [0, 0.05) is 53.6 Å². The summed E-state index contributed by atoms with van der Waals surface area (Å²) in [5, 5.41) is 1.16. The molecule has 0 aromatic heterocycles. The maximum Gasteiger partial charge on any atom is 0.253 e. The molecule has 0 bridgehead atoms. The first-order valence-electron chi connectivity index (χ1n) is 11.2. The third-order valence-electron chi connectivity index (χ3n) is 6.27. The van der Waals surface area contributed by atoms with Gasteiger partial charge in [0.05, 0.1) is 19.8 Å². The van der Waals surface area contributed by atoms with Gasteiger partial charge in [0.1, 0.15) is 5.75 Å². The maximum atomic E-state index is 13.2.